The largest absolute Gasteiger partial charge is 0.337 e. The quantitative estimate of drug-likeness (QED) is 0.596. The van der Waals surface area contributed by atoms with E-state index in [9.17, 15) is 0 Å². The smallest absolute Gasteiger partial charge is 0.254 e. The number of ether oxygens (including phenoxy) is 2. The van der Waals surface area contributed by atoms with Crippen LogP contribution in [0.15, 0.2) is 30.3 Å². The summed E-state index contributed by atoms with van der Waals surface area (Å²) in [5, 5.41) is 0. The van der Waals surface area contributed by atoms with Crippen LogP contribution in [-0.2, 0) is 14.2 Å². The molecule has 0 bridgehead atoms. The van der Waals surface area contributed by atoms with E-state index in [1.54, 1.807) is 0 Å². The molecule has 0 aliphatic carbocycles. The predicted octanol–water partition coefficient (Wildman–Crippen LogP) is 3.26. The van der Waals surface area contributed by atoms with Crippen LogP contribution in [0.4, 0.5) is 0 Å². The van der Waals surface area contributed by atoms with Gasteiger partial charge in [-0.15, -0.1) is 0 Å². The maximum Gasteiger partial charge on any atom is 0.254 e. The van der Waals surface area contributed by atoms with Gasteiger partial charge in [0.05, 0.1) is 0 Å². The van der Waals surface area contributed by atoms with Crippen LogP contribution in [0.25, 0.3) is 0 Å². The fourth-order valence-corrected chi connectivity index (χ4v) is 1.94. The van der Waals surface area contributed by atoms with Crippen molar-refractivity contribution in [1.82, 2.24) is 0 Å². The summed E-state index contributed by atoms with van der Waals surface area (Å²) in [7, 11) is 0. The van der Waals surface area contributed by atoms with Gasteiger partial charge in [0.1, 0.15) is 0 Å². The van der Waals surface area contributed by atoms with E-state index in [0.29, 0.717) is 13.2 Å². The van der Waals surface area contributed by atoms with Gasteiger partial charge in [-0.1, -0.05) is 30.3 Å². The summed E-state index contributed by atoms with van der Waals surface area (Å²) in [6.45, 7) is 5.08. The van der Waals surface area contributed by atoms with Gasteiger partial charge in [-0.25, -0.2) is 0 Å². The fraction of sp³-hybridized carbons (Fsp3) is 0.455. The topological polar surface area (TPSA) is 18.5 Å². The lowest BCUT2D eigenvalue weighted by Crippen LogP contribution is -2.26. The molecule has 0 saturated heterocycles. The second-order valence-electron chi connectivity index (χ2n) is 2.77. The predicted molar refractivity (Wildman–Crippen MR) is 60.3 cm³/mol. The first-order chi connectivity index (χ1) is 6.73. The average Bonchev–Trinajstić information content (AvgIpc) is 2.20. The molecular weight excluding hydrogens is 244 g/mol. The maximum absolute atomic E-state index is 5.55. The second kappa shape index (κ2) is 5.49. The van der Waals surface area contributed by atoms with Crippen molar-refractivity contribution < 1.29 is 9.47 Å². The van der Waals surface area contributed by atoms with Gasteiger partial charge in [-0.2, -0.15) is 0 Å². The molecule has 14 heavy (non-hydrogen) atoms. The van der Waals surface area contributed by atoms with Crippen LogP contribution in [0.2, 0.25) is 0 Å². The first kappa shape index (κ1) is 11.7. The zero-order chi connectivity index (χ0) is 10.4. The van der Waals surface area contributed by atoms with Crippen LogP contribution in [-0.4, -0.2) is 13.2 Å². The van der Waals surface area contributed by atoms with E-state index in [0.717, 1.165) is 5.56 Å². The number of hydrogen-bond acceptors (Lipinski definition) is 2. The normalized spacial score (nSPS) is 11.6. The van der Waals surface area contributed by atoms with Gasteiger partial charge < -0.3 is 9.47 Å². The third kappa shape index (κ3) is 2.80. The molecule has 2 nitrogen and oxygen atoms in total. The zero-order valence-electron chi connectivity index (χ0n) is 8.50. The molecular formula is C11H15BrO2. The van der Waals surface area contributed by atoms with E-state index in [1.807, 2.05) is 44.2 Å². The molecule has 0 unspecified atom stereocenters. The summed E-state index contributed by atoms with van der Waals surface area (Å²) in [5.41, 5.74) is 0.976. The van der Waals surface area contributed by atoms with Crippen LogP contribution < -0.4 is 0 Å². The van der Waals surface area contributed by atoms with Gasteiger partial charge in [0, 0.05) is 18.8 Å². The highest BCUT2D eigenvalue weighted by molar-refractivity contribution is 9.09. The Balaban J connectivity index is 2.87. The van der Waals surface area contributed by atoms with Gasteiger partial charge >= 0.3 is 0 Å². The van der Waals surface area contributed by atoms with E-state index in [2.05, 4.69) is 15.9 Å². The highest BCUT2D eigenvalue weighted by Crippen LogP contribution is 2.33. The van der Waals surface area contributed by atoms with Crippen molar-refractivity contribution in [2.45, 2.75) is 18.5 Å². The minimum absolute atomic E-state index is 0.597. The Labute approximate surface area is 93.4 Å². The molecule has 0 saturated carbocycles. The lowest BCUT2D eigenvalue weighted by Gasteiger charge is -2.27. The van der Waals surface area contributed by atoms with Crippen molar-refractivity contribution in [3.63, 3.8) is 0 Å². The summed E-state index contributed by atoms with van der Waals surface area (Å²) in [6.07, 6.45) is 0. The second-order valence-corrected chi connectivity index (χ2v) is 3.81. The molecule has 0 fully saturated rings. The Morgan fingerprint density at radius 2 is 1.57 bits per heavy atom. The van der Waals surface area contributed by atoms with E-state index < -0.39 is 4.70 Å². The minimum Gasteiger partial charge on any atom is -0.337 e. The Bertz CT molecular complexity index is 255. The van der Waals surface area contributed by atoms with Gasteiger partial charge in [-0.05, 0) is 29.8 Å². The van der Waals surface area contributed by atoms with Crippen molar-refractivity contribution >= 4 is 15.9 Å². The first-order valence-corrected chi connectivity index (χ1v) is 5.54. The van der Waals surface area contributed by atoms with Crippen LogP contribution in [0.5, 0.6) is 0 Å². The van der Waals surface area contributed by atoms with Crippen molar-refractivity contribution in [2.75, 3.05) is 13.2 Å². The molecule has 1 aromatic rings. The molecule has 0 spiro atoms. The summed E-state index contributed by atoms with van der Waals surface area (Å²) < 4.78 is 10.3. The molecule has 78 valence electrons. The summed E-state index contributed by atoms with van der Waals surface area (Å²) in [4.78, 5) is 0. The van der Waals surface area contributed by atoms with Crippen LogP contribution in [0.1, 0.15) is 19.4 Å². The Hall–Kier alpha value is -0.380. The molecule has 1 rings (SSSR count). The third-order valence-corrected chi connectivity index (χ3v) is 2.69. The molecule has 0 amide bonds. The Morgan fingerprint density at radius 1 is 1.07 bits per heavy atom. The molecule has 0 atom stereocenters. The van der Waals surface area contributed by atoms with Gasteiger partial charge in [-0.3, -0.25) is 0 Å². The number of alkyl halides is 1. The Morgan fingerprint density at radius 3 is 2.00 bits per heavy atom. The number of hydrogen-bond donors (Lipinski definition) is 0. The number of halogens is 1. The van der Waals surface area contributed by atoms with E-state index in [-0.39, 0.29) is 0 Å². The molecule has 0 N–H and O–H groups in total. The van der Waals surface area contributed by atoms with E-state index in [1.165, 1.54) is 0 Å². The summed E-state index contributed by atoms with van der Waals surface area (Å²) in [5.74, 6) is 0. The van der Waals surface area contributed by atoms with Gasteiger partial charge in [0.15, 0.2) is 0 Å². The maximum atomic E-state index is 5.55. The molecule has 0 aliphatic rings. The van der Waals surface area contributed by atoms with Gasteiger partial charge in [0.2, 0.25) is 0 Å². The summed E-state index contributed by atoms with van der Waals surface area (Å²) in [6, 6.07) is 9.84. The first-order valence-electron chi connectivity index (χ1n) is 4.75. The molecule has 0 heterocycles. The minimum atomic E-state index is -0.794. The van der Waals surface area contributed by atoms with Crippen LogP contribution >= 0.6 is 15.9 Å². The van der Waals surface area contributed by atoms with Crippen molar-refractivity contribution in [3.05, 3.63) is 35.9 Å². The third-order valence-electron chi connectivity index (χ3n) is 1.78. The van der Waals surface area contributed by atoms with Crippen molar-refractivity contribution in [2.24, 2.45) is 0 Å². The van der Waals surface area contributed by atoms with Crippen molar-refractivity contribution in [3.8, 4) is 0 Å². The van der Waals surface area contributed by atoms with Gasteiger partial charge in [0.25, 0.3) is 4.70 Å². The molecule has 1 aromatic carbocycles. The molecule has 3 heteroatoms. The Kier molecular flexibility index (Phi) is 4.58. The van der Waals surface area contributed by atoms with Crippen LogP contribution in [0.3, 0.4) is 0 Å². The monoisotopic (exact) mass is 258 g/mol. The number of rotatable bonds is 5. The zero-order valence-corrected chi connectivity index (χ0v) is 10.1. The molecule has 0 aromatic heterocycles. The average molecular weight is 259 g/mol. The number of benzene rings is 1. The highest BCUT2D eigenvalue weighted by atomic mass is 79.9. The van der Waals surface area contributed by atoms with E-state index in [4.69, 9.17) is 9.47 Å². The lowest BCUT2D eigenvalue weighted by molar-refractivity contribution is -0.166. The SMILES string of the molecule is CCOC(Br)(OCC)c1ccccc1. The standard InChI is InChI=1S/C11H15BrO2/c1-3-13-11(12,14-4-2)10-8-6-5-7-9-10/h5-9H,3-4H2,1-2H3. The fourth-order valence-electron chi connectivity index (χ4n) is 1.22. The van der Waals surface area contributed by atoms with E-state index >= 15 is 0 Å². The molecule has 0 radical (unpaired) electrons. The highest BCUT2D eigenvalue weighted by Gasteiger charge is 2.29. The van der Waals surface area contributed by atoms with Crippen LogP contribution in [0, 0.1) is 0 Å². The summed E-state index contributed by atoms with van der Waals surface area (Å²) >= 11 is 3.47. The lowest BCUT2D eigenvalue weighted by atomic mass is 10.2. The van der Waals surface area contributed by atoms with Crippen molar-refractivity contribution in [1.29, 1.82) is 0 Å². The molecule has 0 aliphatic heterocycles.